The standard InChI is InChI=1S/C27H31N3O2/c1-18(29-25(31)20-9-11-21(12-10-20)27(2,3)4)26(32)30-15-13-19(14-16-30)23-17-28-24-8-6-5-7-22(23)24/h5-13,17-18,28H,14-16H2,1-4H3,(H,29,31)/t18-/m1/s1. The molecule has 2 heterocycles. The second kappa shape index (κ2) is 8.65. The number of carbonyl (C=O) groups excluding carboxylic acids is 2. The van der Waals surface area contributed by atoms with E-state index in [1.165, 1.54) is 22.1 Å². The Bertz CT molecular complexity index is 1170. The van der Waals surface area contributed by atoms with Gasteiger partial charge in [0.05, 0.1) is 0 Å². The first-order chi connectivity index (χ1) is 15.2. The maximum atomic E-state index is 12.9. The largest absolute Gasteiger partial charge is 0.361 e. The third kappa shape index (κ3) is 4.47. The molecule has 0 saturated carbocycles. The first kappa shape index (κ1) is 21.9. The molecule has 5 heteroatoms. The lowest BCUT2D eigenvalue weighted by Gasteiger charge is -2.29. The summed E-state index contributed by atoms with van der Waals surface area (Å²) < 4.78 is 0. The molecule has 4 rings (SSSR count). The van der Waals surface area contributed by atoms with E-state index < -0.39 is 6.04 Å². The van der Waals surface area contributed by atoms with Crippen LogP contribution in [0.5, 0.6) is 0 Å². The Morgan fingerprint density at radius 2 is 1.78 bits per heavy atom. The number of hydrogen-bond donors (Lipinski definition) is 2. The molecule has 0 fully saturated rings. The van der Waals surface area contributed by atoms with Gasteiger partial charge in [0.15, 0.2) is 0 Å². The molecule has 1 atom stereocenters. The Labute approximate surface area is 189 Å². The molecule has 2 aromatic carbocycles. The van der Waals surface area contributed by atoms with Crippen molar-refractivity contribution in [1.82, 2.24) is 15.2 Å². The molecular formula is C27H31N3O2. The zero-order valence-electron chi connectivity index (χ0n) is 19.2. The SMILES string of the molecule is C[C@@H](NC(=O)c1ccc(C(C)(C)C)cc1)C(=O)N1CC=C(c2c[nH]c3ccccc23)CC1. The van der Waals surface area contributed by atoms with E-state index in [1.807, 2.05) is 47.5 Å². The molecule has 0 radical (unpaired) electrons. The summed E-state index contributed by atoms with van der Waals surface area (Å²) in [6, 6.07) is 15.3. The van der Waals surface area contributed by atoms with Gasteiger partial charge in [-0.1, -0.05) is 57.2 Å². The minimum atomic E-state index is -0.576. The Kier molecular flexibility index (Phi) is 5.92. The lowest BCUT2D eigenvalue weighted by atomic mass is 9.86. The number of hydrogen-bond acceptors (Lipinski definition) is 2. The highest BCUT2D eigenvalue weighted by Crippen LogP contribution is 2.29. The predicted molar refractivity (Wildman–Crippen MR) is 130 cm³/mol. The van der Waals surface area contributed by atoms with Crippen LogP contribution in [-0.4, -0.2) is 40.8 Å². The molecule has 5 nitrogen and oxygen atoms in total. The summed E-state index contributed by atoms with van der Waals surface area (Å²) in [5.74, 6) is -0.280. The number of carbonyl (C=O) groups is 2. The number of fused-ring (bicyclic) bond motifs is 1. The molecule has 0 bridgehead atoms. The third-order valence-electron chi connectivity index (χ3n) is 6.19. The Morgan fingerprint density at radius 1 is 1.06 bits per heavy atom. The van der Waals surface area contributed by atoms with Gasteiger partial charge >= 0.3 is 0 Å². The summed E-state index contributed by atoms with van der Waals surface area (Å²) in [5, 5.41) is 4.06. The summed E-state index contributed by atoms with van der Waals surface area (Å²) in [4.78, 5) is 30.7. The molecule has 0 aliphatic carbocycles. The second-order valence-electron chi connectivity index (χ2n) is 9.53. The monoisotopic (exact) mass is 429 g/mol. The van der Waals surface area contributed by atoms with Crippen molar-refractivity contribution in [3.63, 3.8) is 0 Å². The number of rotatable bonds is 4. The summed E-state index contributed by atoms with van der Waals surface area (Å²) in [6.45, 7) is 9.36. The van der Waals surface area contributed by atoms with Crippen LogP contribution in [0.15, 0.2) is 60.8 Å². The average molecular weight is 430 g/mol. The highest BCUT2D eigenvalue weighted by molar-refractivity contribution is 5.98. The van der Waals surface area contributed by atoms with Crippen LogP contribution in [0.25, 0.3) is 16.5 Å². The maximum absolute atomic E-state index is 12.9. The van der Waals surface area contributed by atoms with Crippen molar-refractivity contribution in [2.45, 2.75) is 45.6 Å². The van der Waals surface area contributed by atoms with Gasteiger partial charge in [-0.3, -0.25) is 9.59 Å². The molecule has 1 aliphatic heterocycles. The van der Waals surface area contributed by atoms with Crippen molar-refractivity contribution in [2.24, 2.45) is 0 Å². The van der Waals surface area contributed by atoms with Gasteiger partial charge in [-0.25, -0.2) is 0 Å². The van der Waals surface area contributed by atoms with Gasteiger partial charge in [0.1, 0.15) is 6.04 Å². The van der Waals surface area contributed by atoms with Gasteiger partial charge in [0.25, 0.3) is 5.91 Å². The molecular weight excluding hydrogens is 398 g/mol. The van der Waals surface area contributed by atoms with Crippen molar-refractivity contribution in [3.8, 4) is 0 Å². The number of benzene rings is 2. The smallest absolute Gasteiger partial charge is 0.251 e. The van der Waals surface area contributed by atoms with Crippen molar-refractivity contribution in [2.75, 3.05) is 13.1 Å². The molecule has 166 valence electrons. The van der Waals surface area contributed by atoms with E-state index in [4.69, 9.17) is 0 Å². The number of aromatic amines is 1. The summed E-state index contributed by atoms with van der Waals surface area (Å²) in [7, 11) is 0. The zero-order chi connectivity index (χ0) is 22.9. The van der Waals surface area contributed by atoms with Crippen LogP contribution in [0.3, 0.4) is 0 Å². The highest BCUT2D eigenvalue weighted by Gasteiger charge is 2.25. The van der Waals surface area contributed by atoms with Crippen LogP contribution in [-0.2, 0) is 10.2 Å². The quantitative estimate of drug-likeness (QED) is 0.620. The molecule has 1 aromatic heterocycles. The van der Waals surface area contributed by atoms with E-state index >= 15 is 0 Å². The molecule has 32 heavy (non-hydrogen) atoms. The molecule has 1 aliphatic rings. The van der Waals surface area contributed by atoms with E-state index in [0.29, 0.717) is 18.7 Å². The number of para-hydroxylation sites is 1. The number of nitrogens with one attached hydrogen (secondary N) is 2. The van der Waals surface area contributed by atoms with Crippen molar-refractivity contribution < 1.29 is 9.59 Å². The van der Waals surface area contributed by atoms with Gasteiger partial charge in [0.2, 0.25) is 5.91 Å². The minimum absolute atomic E-state index is 0.0333. The fourth-order valence-electron chi connectivity index (χ4n) is 4.19. The topological polar surface area (TPSA) is 65.2 Å². The molecule has 0 spiro atoms. The van der Waals surface area contributed by atoms with Gasteiger partial charge in [-0.05, 0) is 48.1 Å². The summed E-state index contributed by atoms with van der Waals surface area (Å²) in [5.41, 5.74) is 5.34. The number of amides is 2. The molecule has 2 amide bonds. The number of aromatic nitrogens is 1. The third-order valence-corrected chi connectivity index (χ3v) is 6.19. The van der Waals surface area contributed by atoms with E-state index in [-0.39, 0.29) is 17.2 Å². The minimum Gasteiger partial charge on any atom is -0.361 e. The van der Waals surface area contributed by atoms with Crippen LogP contribution >= 0.6 is 0 Å². The average Bonchev–Trinajstić information content (AvgIpc) is 3.22. The molecule has 0 unspecified atom stereocenters. The van der Waals surface area contributed by atoms with E-state index in [0.717, 1.165) is 11.9 Å². The molecule has 2 N–H and O–H groups in total. The van der Waals surface area contributed by atoms with Crippen LogP contribution in [0, 0.1) is 0 Å². The number of nitrogens with zero attached hydrogens (tertiary/aromatic N) is 1. The van der Waals surface area contributed by atoms with E-state index in [1.54, 1.807) is 6.92 Å². The normalized spacial score (nSPS) is 15.4. The summed E-state index contributed by atoms with van der Waals surface area (Å²) in [6.07, 6.45) is 4.96. The van der Waals surface area contributed by atoms with E-state index in [2.05, 4.69) is 49.3 Å². The van der Waals surface area contributed by atoms with Crippen molar-refractivity contribution in [1.29, 1.82) is 0 Å². The van der Waals surface area contributed by atoms with Gasteiger partial charge < -0.3 is 15.2 Å². The first-order valence-electron chi connectivity index (χ1n) is 11.2. The summed E-state index contributed by atoms with van der Waals surface area (Å²) >= 11 is 0. The van der Waals surface area contributed by atoms with Gasteiger partial charge in [-0.15, -0.1) is 0 Å². The fraction of sp³-hybridized carbons (Fsp3) is 0.333. The van der Waals surface area contributed by atoms with Crippen LogP contribution in [0.1, 0.15) is 55.6 Å². The van der Waals surface area contributed by atoms with Crippen LogP contribution in [0.4, 0.5) is 0 Å². The van der Waals surface area contributed by atoms with Crippen LogP contribution in [0.2, 0.25) is 0 Å². The number of H-pyrrole nitrogens is 1. The molecule has 0 saturated heterocycles. The predicted octanol–water partition coefficient (Wildman–Crippen LogP) is 4.90. The van der Waals surface area contributed by atoms with Crippen molar-refractivity contribution >= 4 is 28.3 Å². The maximum Gasteiger partial charge on any atom is 0.251 e. The first-order valence-corrected chi connectivity index (χ1v) is 11.2. The lowest BCUT2D eigenvalue weighted by Crippen LogP contribution is -2.48. The lowest BCUT2D eigenvalue weighted by molar-refractivity contribution is -0.132. The fourth-order valence-corrected chi connectivity index (χ4v) is 4.19. The van der Waals surface area contributed by atoms with Crippen molar-refractivity contribution in [3.05, 3.63) is 77.5 Å². The van der Waals surface area contributed by atoms with Gasteiger partial charge in [-0.2, -0.15) is 0 Å². The Hall–Kier alpha value is -3.34. The Balaban J connectivity index is 1.38. The second-order valence-corrected chi connectivity index (χ2v) is 9.53. The van der Waals surface area contributed by atoms with Crippen LogP contribution < -0.4 is 5.32 Å². The molecule has 3 aromatic rings. The zero-order valence-corrected chi connectivity index (χ0v) is 19.2. The van der Waals surface area contributed by atoms with E-state index in [9.17, 15) is 9.59 Å². The van der Waals surface area contributed by atoms with Gasteiger partial charge in [0, 0.05) is 41.3 Å². The Morgan fingerprint density at radius 3 is 2.44 bits per heavy atom. The highest BCUT2D eigenvalue weighted by atomic mass is 16.2.